The number of rotatable bonds is 6. The smallest absolute Gasteiger partial charge is 0.266 e. The van der Waals surface area contributed by atoms with Crippen molar-refractivity contribution in [2.45, 2.75) is 26.2 Å². The molecule has 31 heavy (non-hydrogen) atoms. The summed E-state index contributed by atoms with van der Waals surface area (Å²) in [7, 11) is 0. The third kappa shape index (κ3) is 5.33. The number of thioether (sulfide) groups is 1. The second-order valence-electron chi connectivity index (χ2n) is 7.85. The van der Waals surface area contributed by atoms with E-state index >= 15 is 0 Å². The summed E-state index contributed by atoms with van der Waals surface area (Å²) in [4.78, 5) is 20.6. The van der Waals surface area contributed by atoms with Crippen LogP contribution in [0.15, 0.2) is 94.8 Å². The van der Waals surface area contributed by atoms with E-state index in [1.807, 2.05) is 54.6 Å². The van der Waals surface area contributed by atoms with Crippen molar-refractivity contribution in [3.63, 3.8) is 0 Å². The number of aliphatic imine (C=N–C) groups is 1. The quantitative estimate of drug-likeness (QED) is 0.413. The second-order valence-corrected chi connectivity index (χ2v) is 8.86. The maximum absolute atomic E-state index is 13.3. The molecular weight excluding hydrogens is 400 g/mol. The first-order valence-corrected chi connectivity index (χ1v) is 11.4. The van der Waals surface area contributed by atoms with Crippen molar-refractivity contribution in [1.29, 1.82) is 0 Å². The molecule has 4 heteroatoms. The van der Waals surface area contributed by atoms with Crippen molar-refractivity contribution in [2.24, 2.45) is 4.99 Å². The van der Waals surface area contributed by atoms with Crippen LogP contribution in [0.2, 0.25) is 0 Å². The number of amidine groups is 1. The highest BCUT2D eigenvalue weighted by atomic mass is 32.2. The van der Waals surface area contributed by atoms with E-state index in [2.05, 4.69) is 50.2 Å². The number of hydrogen-bond acceptors (Lipinski definition) is 3. The summed E-state index contributed by atoms with van der Waals surface area (Å²) in [6, 6.07) is 28.5. The second kappa shape index (κ2) is 9.80. The van der Waals surface area contributed by atoms with Crippen LogP contribution in [0.3, 0.4) is 0 Å². The summed E-state index contributed by atoms with van der Waals surface area (Å²) in [5, 5.41) is 0.734. The zero-order chi connectivity index (χ0) is 21.6. The van der Waals surface area contributed by atoms with Gasteiger partial charge in [0.2, 0.25) is 0 Å². The SMILES string of the molecule is CC(C)c1ccc(/C=C2/SC(=Nc3ccccc3)N(CCc3ccccc3)C2=O)cc1. The van der Waals surface area contributed by atoms with Gasteiger partial charge >= 0.3 is 0 Å². The Bertz CT molecular complexity index is 1090. The Morgan fingerprint density at radius 3 is 2.19 bits per heavy atom. The van der Waals surface area contributed by atoms with Crippen LogP contribution < -0.4 is 0 Å². The zero-order valence-corrected chi connectivity index (χ0v) is 18.7. The standard InChI is InChI=1S/C27H26N2OS/c1-20(2)23-15-13-22(14-16-23)19-25-26(30)29(18-17-21-9-5-3-6-10-21)27(31-25)28-24-11-7-4-8-12-24/h3-16,19-20H,17-18H2,1-2H3/b25-19+,28-27?. The van der Waals surface area contributed by atoms with Gasteiger partial charge in [0, 0.05) is 6.54 Å². The first-order chi connectivity index (χ1) is 15.1. The number of amides is 1. The highest BCUT2D eigenvalue weighted by Crippen LogP contribution is 2.34. The molecular formula is C27H26N2OS. The monoisotopic (exact) mass is 426 g/mol. The van der Waals surface area contributed by atoms with Crippen LogP contribution in [0, 0.1) is 0 Å². The number of para-hydroxylation sites is 1. The Kier molecular flexibility index (Phi) is 6.68. The van der Waals surface area contributed by atoms with Crippen LogP contribution in [-0.4, -0.2) is 22.5 Å². The maximum atomic E-state index is 13.3. The molecule has 0 saturated carbocycles. The van der Waals surface area contributed by atoms with Gasteiger partial charge in [0.15, 0.2) is 5.17 Å². The Balaban J connectivity index is 1.60. The van der Waals surface area contributed by atoms with Gasteiger partial charge in [0.05, 0.1) is 10.6 Å². The Labute approximate surface area is 188 Å². The fraction of sp³-hybridized carbons (Fsp3) is 0.185. The predicted molar refractivity (Wildman–Crippen MR) is 131 cm³/mol. The molecule has 0 N–H and O–H groups in total. The Morgan fingerprint density at radius 2 is 1.55 bits per heavy atom. The van der Waals surface area contributed by atoms with Crippen molar-refractivity contribution >= 4 is 34.6 Å². The molecule has 1 aliphatic rings. The maximum Gasteiger partial charge on any atom is 0.266 e. The van der Waals surface area contributed by atoms with Crippen LogP contribution in [0.4, 0.5) is 5.69 Å². The van der Waals surface area contributed by atoms with Crippen LogP contribution in [0.5, 0.6) is 0 Å². The lowest BCUT2D eigenvalue weighted by Gasteiger charge is -2.15. The molecule has 3 aromatic carbocycles. The highest BCUT2D eigenvalue weighted by Gasteiger charge is 2.33. The van der Waals surface area contributed by atoms with E-state index in [0.29, 0.717) is 17.4 Å². The van der Waals surface area contributed by atoms with E-state index in [-0.39, 0.29) is 5.91 Å². The molecule has 1 heterocycles. The van der Waals surface area contributed by atoms with Gasteiger partial charge in [-0.1, -0.05) is 86.6 Å². The van der Waals surface area contributed by atoms with Gasteiger partial charge in [-0.05, 0) is 59.0 Å². The number of benzene rings is 3. The molecule has 1 saturated heterocycles. The van der Waals surface area contributed by atoms with E-state index in [4.69, 9.17) is 4.99 Å². The molecule has 0 atom stereocenters. The van der Waals surface area contributed by atoms with E-state index in [1.165, 1.54) is 22.9 Å². The van der Waals surface area contributed by atoms with Crippen molar-refractivity contribution < 1.29 is 4.79 Å². The van der Waals surface area contributed by atoms with Gasteiger partial charge in [0.1, 0.15) is 0 Å². The average Bonchev–Trinajstić information content (AvgIpc) is 3.08. The topological polar surface area (TPSA) is 32.7 Å². The summed E-state index contributed by atoms with van der Waals surface area (Å²) >= 11 is 1.45. The van der Waals surface area contributed by atoms with Crippen molar-refractivity contribution in [2.75, 3.05) is 6.54 Å². The molecule has 0 unspecified atom stereocenters. The molecule has 1 amide bonds. The lowest BCUT2D eigenvalue weighted by Crippen LogP contribution is -2.31. The molecule has 0 bridgehead atoms. The molecule has 0 aliphatic carbocycles. The van der Waals surface area contributed by atoms with Crippen molar-refractivity contribution in [3.05, 3.63) is 107 Å². The first-order valence-electron chi connectivity index (χ1n) is 10.6. The third-order valence-corrected chi connectivity index (χ3v) is 6.24. The Morgan fingerprint density at radius 1 is 0.903 bits per heavy atom. The summed E-state index contributed by atoms with van der Waals surface area (Å²) < 4.78 is 0. The highest BCUT2D eigenvalue weighted by molar-refractivity contribution is 8.18. The van der Waals surface area contributed by atoms with Crippen LogP contribution in [0.25, 0.3) is 6.08 Å². The van der Waals surface area contributed by atoms with Gasteiger partial charge in [-0.2, -0.15) is 0 Å². The summed E-state index contributed by atoms with van der Waals surface area (Å²) in [5.41, 5.74) is 4.39. The third-order valence-electron chi connectivity index (χ3n) is 5.24. The Hall–Kier alpha value is -3.11. The number of hydrogen-bond donors (Lipinski definition) is 0. The summed E-state index contributed by atoms with van der Waals surface area (Å²) in [6.07, 6.45) is 2.76. The van der Waals surface area contributed by atoms with Gasteiger partial charge in [-0.3, -0.25) is 9.69 Å². The van der Waals surface area contributed by atoms with E-state index in [9.17, 15) is 4.79 Å². The molecule has 1 fully saturated rings. The fourth-order valence-electron chi connectivity index (χ4n) is 3.42. The predicted octanol–water partition coefficient (Wildman–Crippen LogP) is 6.66. The molecule has 0 aromatic heterocycles. The van der Waals surface area contributed by atoms with E-state index < -0.39 is 0 Å². The summed E-state index contributed by atoms with van der Waals surface area (Å²) in [6.45, 7) is 4.96. The number of carbonyl (C=O) groups excluding carboxylic acids is 1. The lowest BCUT2D eigenvalue weighted by molar-refractivity contribution is -0.122. The number of nitrogens with zero attached hydrogens (tertiary/aromatic N) is 2. The minimum Gasteiger partial charge on any atom is -0.286 e. The molecule has 4 rings (SSSR count). The van der Waals surface area contributed by atoms with E-state index in [1.54, 1.807) is 4.90 Å². The minimum atomic E-state index is 0.0172. The largest absolute Gasteiger partial charge is 0.286 e. The van der Waals surface area contributed by atoms with Gasteiger partial charge < -0.3 is 0 Å². The van der Waals surface area contributed by atoms with Gasteiger partial charge in [-0.15, -0.1) is 0 Å². The lowest BCUT2D eigenvalue weighted by atomic mass is 10.0. The molecule has 156 valence electrons. The fourth-order valence-corrected chi connectivity index (χ4v) is 4.44. The zero-order valence-electron chi connectivity index (χ0n) is 17.9. The van der Waals surface area contributed by atoms with Crippen LogP contribution >= 0.6 is 11.8 Å². The minimum absolute atomic E-state index is 0.0172. The molecule has 0 spiro atoms. The van der Waals surface area contributed by atoms with Gasteiger partial charge in [0.25, 0.3) is 5.91 Å². The number of carbonyl (C=O) groups is 1. The normalized spacial score (nSPS) is 16.6. The molecule has 3 nitrogen and oxygen atoms in total. The van der Waals surface area contributed by atoms with Crippen LogP contribution in [0.1, 0.15) is 36.5 Å². The van der Waals surface area contributed by atoms with Crippen LogP contribution in [-0.2, 0) is 11.2 Å². The molecule has 0 radical (unpaired) electrons. The summed E-state index contributed by atoms with van der Waals surface area (Å²) in [5.74, 6) is 0.505. The van der Waals surface area contributed by atoms with Gasteiger partial charge in [-0.25, -0.2) is 4.99 Å². The first kappa shape index (κ1) is 21.1. The average molecular weight is 427 g/mol. The molecule has 1 aliphatic heterocycles. The van der Waals surface area contributed by atoms with E-state index in [0.717, 1.165) is 22.8 Å². The molecule has 3 aromatic rings. The van der Waals surface area contributed by atoms with Crippen molar-refractivity contribution in [1.82, 2.24) is 4.90 Å². The van der Waals surface area contributed by atoms with Crippen molar-refractivity contribution in [3.8, 4) is 0 Å².